The van der Waals surface area contributed by atoms with Gasteiger partial charge in [-0.2, -0.15) is 5.10 Å². The molecule has 0 unspecified atom stereocenters. The molecule has 4 nitrogen and oxygen atoms in total. The van der Waals surface area contributed by atoms with E-state index in [1.165, 1.54) is 25.7 Å². The molecular weight excluding hydrogens is 202 g/mol. The summed E-state index contributed by atoms with van der Waals surface area (Å²) in [5.41, 5.74) is 0. The van der Waals surface area contributed by atoms with Crippen LogP contribution in [0.2, 0.25) is 0 Å². The second kappa shape index (κ2) is 4.45. The number of aromatic nitrogens is 2. The molecule has 2 aliphatic rings. The molecular formula is C12H19N3O. The van der Waals surface area contributed by atoms with Crippen molar-refractivity contribution in [3.05, 3.63) is 12.4 Å². The monoisotopic (exact) mass is 221 g/mol. The highest BCUT2D eigenvalue weighted by Gasteiger charge is 2.22. The Morgan fingerprint density at radius 1 is 1.31 bits per heavy atom. The van der Waals surface area contributed by atoms with E-state index in [1.807, 2.05) is 6.20 Å². The summed E-state index contributed by atoms with van der Waals surface area (Å²) in [7, 11) is 0. The zero-order valence-corrected chi connectivity index (χ0v) is 9.56. The molecule has 0 atom stereocenters. The first-order chi connectivity index (χ1) is 7.92. The van der Waals surface area contributed by atoms with Crippen LogP contribution in [0.3, 0.4) is 0 Å². The highest BCUT2D eigenvalue weighted by Crippen LogP contribution is 2.29. The van der Waals surface area contributed by atoms with Crippen LogP contribution in [0.25, 0.3) is 0 Å². The van der Waals surface area contributed by atoms with Crippen LogP contribution in [0, 0.1) is 5.92 Å². The highest BCUT2D eigenvalue weighted by atomic mass is 16.5. The van der Waals surface area contributed by atoms with Gasteiger partial charge in [0.25, 0.3) is 0 Å². The molecule has 0 spiro atoms. The largest absolute Gasteiger partial charge is 0.490 e. The van der Waals surface area contributed by atoms with Crippen molar-refractivity contribution in [2.45, 2.75) is 31.7 Å². The van der Waals surface area contributed by atoms with Crippen molar-refractivity contribution < 1.29 is 4.74 Å². The summed E-state index contributed by atoms with van der Waals surface area (Å²) in [5, 5.41) is 7.77. The summed E-state index contributed by atoms with van der Waals surface area (Å²) < 4.78 is 7.77. The lowest BCUT2D eigenvalue weighted by molar-refractivity contribution is 0.297. The van der Waals surface area contributed by atoms with Gasteiger partial charge in [-0.1, -0.05) is 0 Å². The summed E-state index contributed by atoms with van der Waals surface area (Å²) >= 11 is 0. The maximum Gasteiger partial charge on any atom is 0.157 e. The third-order valence-electron chi connectivity index (χ3n) is 3.44. The fourth-order valence-corrected chi connectivity index (χ4v) is 2.16. The van der Waals surface area contributed by atoms with Crippen LogP contribution >= 0.6 is 0 Å². The summed E-state index contributed by atoms with van der Waals surface area (Å²) in [6.45, 7) is 3.07. The molecule has 0 amide bonds. The topological polar surface area (TPSA) is 39.1 Å². The van der Waals surface area contributed by atoms with Gasteiger partial charge < -0.3 is 10.1 Å². The van der Waals surface area contributed by atoms with Crippen molar-refractivity contribution in [1.82, 2.24) is 15.1 Å². The Hall–Kier alpha value is -1.03. The molecule has 1 N–H and O–H groups in total. The molecule has 1 aromatic heterocycles. The van der Waals surface area contributed by atoms with Crippen molar-refractivity contribution in [2.24, 2.45) is 5.92 Å². The van der Waals surface area contributed by atoms with Gasteiger partial charge in [0.1, 0.15) is 0 Å². The lowest BCUT2D eigenvalue weighted by atomic mass is 10.1. The van der Waals surface area contributed by atoms with Gasteiger partial charge in [0.15, 0.2) is 5.75 Å². The molecule has 4 heteroatoms. The van der Waals surface area contributed by atoms with E-state index < -0.39 is 0 Å². The lowest BCUT2D eigenvalue weighted by Crippen LogP contribution is -2.29. The van der Waals surface area contributed by atoms with Crippen LogP contribution in [-0.4, -0.2) is 29.5 Å². The number of piperidine rings is 1. The number of hydrogen-bond donors (Lipinski definition) is 1. The van der Waals surface area contributed by atoms with E-state index in [9.17, 15) is 0 Å². The molecule has 0 radical (unpaired) electrons. The van der Waals surface area contributed by atoms with Crippen molar-refractivity contribution >= 4 is 0 Å². The Balaban J connectivity index is 1.57. The van der Waals surface area contributed by atoms with Gasteiger partial charge in [-0.05, 0) is 44.7 Å². The maximum absolute atomic E-state index is 5.70. The number of rotatable bonds is 4. The van der Waals surface area contributed by atoms with E-state index in [2.05, 4.69) is 21.3 Å². The van der Waals surface area contributed by atoms with Crippen molar-refractivity contribution in [3.63, 3.8) is 0 Å². The van der Waals surface area contributed by atoms with E-state index in [4.69, 9.17) is 4.74 Å². The quantitative estimate of drug-likeness (QED) is 0.839. The minimum absolute atomic E-state index is 0.555. The molecule has 2 heterocycles. The summed E-state index contributed by atoms with van der Waals surface area (Å²) in [5.74, 6) is 1.74. The van der Waals surface area contributed by atoms with Crippen molar-refractivity contribution in [2.75, 3.05) is 19.7 Å². The minimum Gasteiger partial charge on any atom is -0.490 e. The molecule has 2 fully saturated rings. The van der Waals surface area contributed by atoms with Crippen LogP contribution in [-0.2, 0) is 0 Å². The fraction of sp³-hybridized carbons (Fsp3) is 0.750. The lowest BCUT2D eigenvalue weighted by Gasteiger charge is -2.22. The molecule has 1 aliphatic heterocycles. The molecule has 3 rings (SSSR count). The second-order valence-corrected chi connectivity index (χ2v) is 4.89. The van der Waals surface area contributed by atoms with Crippen molar-refractivity contribution in [3.8, 4) is 5.75 Å². The Bertz CT molecular complexity index is 340. The van der Waals surface area contributed by atoms with Gasteiger partial charge in [0.2, 0.25) is 0 Å². The predicted octanol–water partition coefficient (Wildman–Crippen LogP) is 1.60. The van der Waals surface area contributed by atoms with Gasteiger partial charge in [-0.25, -0.2) is 0 Å². The number of ether oxygens (including phenoxy) is 1. The Morgan fingerprint density at radius 2 is 2.12 bits per heavy atom. The molecule has 16 heavy (non-hydrogen) atoms. The standard InChI is InChI=1S/C12H19N3O/c1-2-10(1)9-16-12-7-14-15(8-12)11-3-5-13-6-4-11/h7-8,10-11,13H,1-6,9H2. The van der Waals surface area contributed by atoms with Crippen LogP contribution in [0.15, 0.2) is 12.4 Å². The SMILES string of the molecule is c1nn(C2CCNCC2)cc1OCC1CC1. The number of hydrogen-bond acceptors (Lipinski definition) is 3. The first kappa shape index (κ1) is 10.1. The average Bonchev–Trinajstić information content (AvgIpc) is 3.05. The summed E-state index contributed by atoms with van der Waals surface area (Å²) in [6, 6.07) is 0.555. The minimum atomic E-state index is 0.555. The number of nitrogens with zero attached hydrogens (tertiary/aromatic N) is 2. The first-order valence-electron chi connectivity index (χ1n) is 6.29. The van der Waals surface area contributed by atoms with Crippen LogP contribution in [0.5, 0.6) is 5.75 Å². The van der Waals surface area contributed by atoms with Crippen LogP contribution in [0.4, 0.5) is 0 Å². The van der Waals surface area contributed by atoms with Crippen LogP contribution < -0.4 is 10.1 Å². The molecule has 1 aromatic rings. The Kier molecular flexibility index (Phi) is 2.82. The van der Waals surface area contributed by atoms with E-state index in [0.717, 1.165) is 31.4 Å². The molecule has 1 saturated heterocycles. The fourth-order valence-electron chi connectivity index (χ4n) is 2.16. The maximum atomic E-state index is 5.70. The third-order valence-corrected chi connectivity index (χ3v) is 3.44. The summed E-state index contributed by atoms with van der Waals surface area (Å²) in [4.78, 5) is 0. The smallest absolute Gasteiger partial charge is 0.157 e. The molecule has 1 aliphatic carbocycles. The van der Waals surface area contributed by atoms with E-state index in [1.54, 1.807) is 0 Å². The van der Waals surface area contributed by atoms with Gasteiger partial charge in [0.05, 0.1) is 25.0 Å². The van der Waals surface area contributed by atoms with E-state index in [0.29, 0.717) is 6.04 Å². The normalized spacial score (nSPS) is 22.2. The summed E-state index contributed by atoms with van der Waals surface area (Å²) in [6.07, 6.45) is 8.92. The Morgan fingerprint density at radius 3 is 2.88 bits per heavy atom. The highest BCUT2D eigenvalue weighted by molar-refractivity contribution is 5.12. The van der Waals surface area contributed by atoms with Gasteiger partial charge in [0, 0.05) is 0 Å². The molecule has 1 saturated carbocycles. The third kappa shape index (κ3) is 2.38. The molecule has 0 bridgehead atoms. The van der Waals surface area contributed by atoms with Gasteiger partial charge in [-0.15, -0.1) is 0 Å². The van der Waals surface area contributed by atoms with E-state index >= 15 is 0 Å². The molecule has 88 valence electrons. The zero-order valence-electron chi connectivity index (χ0n) is 9.56. The van der Waals surface area contributed by atoms with E-state index in [-0.39, 0.29) is 0 Å². The number of nitrogens with one attached hydrogen (secondary N) is 1. The van der Waals surface area contributed by atoms with Gasteiger partial charge in [-0.3, -0.25) is 4.68 Å². The Labute approximate surface area is 96.0 Å². The van der Waals surface area contributed by atoms with Crippen LogP contribution in [0.1, 0.15) is 31.7 Å². The average molecular weight is 221 g/mol. The predicted molar refractivity (Wildman–Crippen MR) is 61.6 cm³/mol. The second-order valence-electron chi connectivity index (χ2n) is 4.89. The molecule has 0 aromatic carbocycles. The van der Waals surface area contributed by atoms with Gasteiger partial charge >= 0.3 is 0 Å². The zero-order chi connectivity index (χ0) is 10.8. The van der Waals surface area contributed by atoms with Crippen molar-refractivity contribution in [1.29, 1.82) is 0 Å². The first-order valence-corrected chi connectivity index (χ1v) is 6.29.